The molecule has 1 saturated heterocycles. The summed E-state index contributed by atoms with van der Waals surface area (Å²) in [5.74, 6) is -0.900. The lowest BCUT2D eigenvalue weighted by Crippen LogP contribution is -2.56. The summed E-state index contributed by atoms with van der Waals surface area (Å²) in [5, 5.41) is 2.72. The van der Waals surface area contributed by atoms with Gasteiger partial charge in [-0.25, -0.2) is 4.39 Å². The van der Waals surface area contributed by atoms with Crippen LogP contribution in [0.4, 0.5) is 4.39 Å². The number of hydrogen-bond acceptors (Lipinski definition) is 5. The third-order valence-corrected chi connectivity index (χ3v) is 3.50. The first-order valence-corrected chi connectivity index (χ1v) is 7.07. The summed E-state index contributed by atoms with van der Waals surface area (Å²) in [5.41, 5.74) is 0. The van der Waals surface area contributed by atoms with Crippen LogP contribution in [0, 0.1) is 5.82 Å². The van der Waals surface area contributed by atoms with Crippen molar-refractivity contribution in [1.82, 2.24) is 10.2 Å². The number of benzene rings is 1. The Bertz CT molecular complexity index is 538. The summed E-state index contributed by atoms with van der Waals surface area (Å²) >= 11 is 0. The minimum absolute atomic E-state index is 0.0119. The SMILES string of the molecule is COC(=O)CC1C(=O)NCCN1CCOc1ccccc1F. The fourth-order valence-electron chi connectivity index (χ4n) is 2.33. The lowest BCUT2D eigenvalue weighted by atomic mass is 10.1. The largest absolute Gasteiger partial charge is 0.489 e. The molecule has 120 valence electrons. The van der Waals surface area contributed by atoms with Gasteiger partial charge in [-0.1, -0.05) is 12.1 Å². The predicted molar refractivity (Wildman–Crippen MR) is 76.9 cm³/mol. The molecule has 0 bridgehead atoms. The van der Waals surface area contributed by atoms with Crippen LogP contribution in [-0.2, 0) is 14.3 Å². The van der Waals surface area contributed by atoms with E-state index in [1.807, 2.05) is 4.90 Å². The molecular weight excluding hydrogens is 291 g/mol. The van der Waals surface area contributed by atoms with E-state index in [0.29, 0.717) is 19.6 Å². The van der Waals surface area contributed by atoms with Crippen molar-refractivity contribution in [3.05, 3.63) is 30.1 Å². The van der Waals surface area contributed by atoms with E-state index >= 15 is 0 Å². The maximum Gasteiger partial charge on any atom is 0.307 e. The summed E-state index contributed by atoms with van der Waals surface area (Å²) < 4.78 is 23.5. The van der Waals surface area contributed by atoms with Crippen LogP contribution in [0.5, 0.6) is 5.75 Å². The number of carbonyl (C=O) groups excluding carboxylic acids is 2. The second kappa shape index (κ2) is 7.74. The molecule has 0 aliphatic carbocycles. The van der Waals surface area contributed by atoms with Crippen molar-refractivity contribution in [2.45, 2.75) is 12.5 Å². The van der Waals surface area contributed by atoms with E-state index in [0.717, 1.165) is 0 Å². The number of rotatable bonds is 6. The summed E-state index contributed by atoms with van der Waals surface area (Å²) in [4.78, 5) is 25.1. The van der Waals surface area contributed by atoms with Crippen LogP contribution >= 0.6 is 0 Å². The third-order valence-electron chi connectivity index (χ3n) is 3.50. The fraction of sp³-hybridized carbons (Fsp3) is 0.467. The molecule has 1 aliphatic heterocycles. The maximum absolute atomic E-state index is 13.4. The van der Waals surface area contributed by atoms with Gasteiger partial charge >= 0.3 is 5.97 Å². The fourth-order valence-corrected chi connectivity index (χ4v) is 2.33. The molecular formula is C15H19FN2O4. The normalized spacial score (nSPS) is 18.6. The van der Waals surface area contributed by atoms with Crippen molar-refractivity contribution in [3.8, 4) is 5.75 Å². The van der Waals surface area contributed by atoms with Crippen molar-refractivity contribution < 1.29 is 23.5 Å². The Hall–Kier alpha value is -2.15. The van der Waals surface area contributed by atoms with E-state index in [2.05, 4.69) is 10.1 Å². The molecule has 1 heterocycles. The Morgan fingerprint density at radius 2 is 2.23 bits per heavy atom. The van der Waals surface area contributed by atoms with Gasteiger partial charge in [0, 0.05) is 19.6 Å². The quantitative estimate of drug-likeness (QED) is 0.778. The van der Waals surface area contributed by atoms with E-state index < -0.39 is 17.8 Å². The number of nitrogens with one attached hydrogen (secondary N) is 1. The molecule has 0 radical (unpaired) electrons. The Balaban J connectivity index is 1.90. The molecule has 1 aromatic carbocycles. The molecule has 22 heavy (non-hydrogen) atoms. The van der Waals surface area contributed by atoms with Crippen molar-refractivity contribution in [3.63, 3.8) is 0 Å². The zero-order valence-electron chi connectivity index (χ0n) is 12.4. The minimum atomic E-state index is -0.578. The molecule has 7 heteroatoms. The highest BCUT2D eigenvalue weighted by Gasteiger charge is 2.31. The Morgan fingerprint density at radius 3 is 2.95 bits per heavy atom. The lowest BCUT2D eigenvalue weighted by molar-refractivity contribution is -0.146. The highest BCUT2D eigenvalue weighted by Crippen LogP contribution is 2.16. The van der Waals surface area contributed by atoms with E-state index in [4.69, 9.17) is 4.74 Å². The van der Waals surface area contributed by atoms with Gasteiger partial charge in [-0.05, 0) is 12.1 Å². The molecule has 0 aromatic heterocycles. The first-order chi connectivity index (χ1) is 10.6. The number of esters is 1. The molecule has 1 fully saturated rings. The number of carbonyl (C=O) groups is 2. The van der Waals surface area contributed by atoms with Crippen molar-refractivity contribution in [2.75, 3.05) is 33.4 Å². The molecule has 1 atom stereocenters. The second-order valence-electron chi connectivity index (χ2n) is 4.90. The van der Waals surface area contributed by atoms with Crippen LogP contribution in [0.15, 0.2) is 24.3 Å². The molecule has 2 rings (SSSR count). The van der Waals surface area contributed by atoms with Crippen LogP contribution < -0.4 is 10.1 Å². The van der Waals surface area contributed by atoms with Gasteiger partial charge in [-0.15, -0.1) is 0 Å². The number of amides is 1. The molecule has 0 saturated carbocycles. The van der Waals surface area contributed by atoms with Gasteiger partial charge in [-0.2, -0.15) is 0 Å². The standard InChI is InChI=1S/C15H19FN2O4/c1-21-14(19)10-12-15(20)17-6-7-18(12)8-9-22-13-5-3-2-4-11(13)16/h2-5,12H,6-10H2,1H3,(H,17,20). The first-order valence-electron chi connectivity index (χ1n) is 7.07. The Labute approximate surface area is 128 Å². The number of halogens is 1. The molecule has 1 amide bonds. The smallest absolute Gasteiger partial charge is 0.307 e. The van der Waals surface area contributed by atoms with Crippen LogP contribution in [0.25, 0.3) is 0 Å². The molecule has 6 nitrogen and oxygen atoms in total. The maximum atomic E-state index is 13.4. The Morgan fingerprint density at radius 1 is 1.45 bits per heavy atom. The van der Waals surface area contributed by atoms with Gasteiger partial charge in [0.25, 0.3) is 0 Å². The Kier molecular flexibility index (Phi) is 5.71. The first kappa shape index (κ1) is 16.2. The minimum Gasteiger partial charge on any atom is -0.489 e. The van der Waals surface area contributed by atoms with E-state index in [1.54, 1.807) is 18.2 Å². The second-order valence-corrected chi connectivity index (χ2v) is 4.90. The zero-order valence-corrected chi connectivity index (χ0v) is 12.4. The number of ether oxygens (including phenoxy) is 2. The van der Waals surface area contributed by atoms with Crippen molar-refractivity contribution in [1.29, 1.82) is 0 Å². The van der Waals surface area contributed by atoms with Crippen LogP contribution in [-0.4, -0.2) is 56.2 Å². The third kappa shape index (κ3) is 4.17. The molecule has 1 unspecified atom stereocenters. The number of methoxy groups -OCH3 is 1. The predicted octanol–water partition coefficient (Wildman–Crippen LogP) is 0.568. The van der Waals surface area contributed by atoms with Gasteiger partial charge < -0.3 is 14.8 Å². The summed E-state index contributed by atoms with van der Waals surface area (Å²) in [6, 6.07) is 5.56. The summed E-state index contributed by atoms with van der Waals surface area (Å²) in [7, 11) is 1.29. The van der Waals surface area contributed by atoms with Crippen LogP contribution in [0.3, 0.4) is 0 Å². The number of nitrogens with zero attached hydrogens (tertiary/aromatic N) is 1. The van der Waals surface area contributed by atoms with Gasteiger partial charge in [0.1, 0.15) is 6.61 Å². The van der Waals surface area contributed by atoms with Gasteiger partial charge in [0.05, 0.1) is 19.6 Å². The summed E-state index contributed by atoms with van der Waals surface area (Å²) in [6.45, 7) is 1.76. The van der Waals surface area contributed by atoms with Crippen molar-refractivity contribution >= 4 is 11.9 Å². The molecule has 0 spiro atoms. The highest BCUT2D eigenvalue weighted by atomic mass is 19.1. The average Bonchev–Trinajstić information content (AvgIpc) is 2.52. The van der Waals surface area contributed by atoms with E-state index in [1.165, 1.54) is 13.2 Å². The van der Waals surface area contributed by atoms with Crippen LogP contribution in [0.1, 0.15) is 6.42 Å². The zero-order chi connectivity index (χ0) is 15.9. The highest BCUT2D eigenvalue weighted by molar-refractivity contribution is 5.87. The molecule has 1 N–H and O–H groups in total. The molecule has 1 aromatic rings. The van der Waals surface area contributed by atoms with Crippen LogP contribution in [0.2, 0.25) is 0 Å². The monoisotopic (exact) mass is 310 g/mol. The topological polar surface area (TPSA) is 67.9 Å². The van der Waals surface area contributed by atoms with Crippen molar-refractivity contribution in [2.24, 2.45) is 0 Å². The number of hydrogen-bond donors (Lipinski definition) is 1. The van der Waals surface area contributed by atoms with E-state index in [9.17, 15) is 14.0 Å². The lowest BCUT2D eigenvalue weighted by Gasteiger charge is -2.34. The number of piperazine rings is 1. The van der Waals surface area contributed by atoms with Gasteiger partial charge in [-0.3, -0.25) is 14.5 Å². The number of para-hydroxylation sites is 1. The van der Waals surface area contributed by atoms with Gasteiger partial charge in [0.2, 0.25) is 5.91 Å². The molecule has 1 aliphatic rings. The van der Waals surface area contributed by atoms with E-state index in [-0.39, 0.29) is 24.7 Å². The summed E-state index contributed by atoms with van der Waals surface area (Å²) in [6.07, 6.45) is -0.0119. The average molecular weight is 310 g/mol. The van der Waals surface area contributed by atoms with Gasteiger partial charge in [0.15, 0.2) is 11.6 Å².